The Labute approximate surface area is 155 Å². The van der Waals surface area contributed by atoms with Gasteiger partial charge in [-0.3, -0.25) is 9.59 Å². The molecule has 2 aromatic rings. The van der Waals surface area contributed by atoms with Crippen LogP contribution in [0.4, 0.5) is 10.1 Å². The molecule has 0 radical (unpaired) electrons. The molecule has 0 aliphatic carbocycles. The molecule has 1 aliphatic rings. The van der Waals surface area contributed by atoms with Crippen molar-refractivity contribution in [2.75, 3.05) is 18.0 Å². The van der Waals surface area contributed by atoms with Crippen molar-refractivity contribution < 1.29 is 9.18 Å². The molecule has 1 aromatic carbocycles. The molecule has 2 heterocycles. The van der Waals surface area contributed by atoms with E-state index in [-0.39, 0.29) is 23.9 Å². The normalized spacial score (nSPS) is 17.2. The Hall–Kier alpha value is -2.41. The quantitative estimate of drug-likeness (QED) is 0.884. The van der Waals surface area contributed by atoms with E-state index in [4.69, 9.17) is 11.6 Å². The largest absolute Gasteiger partial charge is 0.369 e. The average molecular weight is 379 g/mol. The number of anilines is 1. The predicted molar refractivity (Wildman–Crippen MR) is 97.7 cm³/mol. The molecule has 6 nitrogen and oxygen atoms in total. The third-order valence-electron chi connectivity index (χ3n) is 4.58. The number of benzene rings is 1. The molecule has 0 unspecified atom stereocenters. The second-order valence-corrected chi connectivity index (χ2v) is 6.82. The van der Waals surface area contributed by atoms with Gasteiger partial charge >= 0.3 is 0 Å². The molecule has 1 amide bonds. The maximum Gasteiger partial charge on any atom is 0.268 e. The van der Waals surface area contributed by atoms with E-state index in [1.165, 1.54) is 22.9 Å². The molecule has 0 saturated carbocycles. The number of nitrogens with zero attached hydrogens (tertiary/aromatic N) is 3. The van der Waals surface area contributed by atoms with Crippen molar-refractivity contribution in [1.29, 1.82) is 0 Å². The van der Waals surface area contributed by atoms with Crippen LogP contribution in [0.1, 0.15) is 18.4 Å². The zero-order chi connectivity index (χ0) is 18.7. The predicted octanol–water partition coefficient (Wildman–Crippen LogP) is 2.11. The summed E-state index contributed by atoms with van der Waals surface area (Å²) in [6, 6.07) is 5.65. The number of amides is 1. The lowest BCUT2D eigenvalue weighted by atomic mass is 9.96. The highest BCUT2D eigenvalue weighted by Gasteiger charge is 2.26. The maximum absolute atomic E-state index is 13.1. The van der Waals surface area contributed by atoms with Gasteiger partial charge in [-0.1, -0.05) is 17.7 Å². The number of aromatic nitrogens is 2. The Morgan fingerprint density at radius 1 is 1.42 bits per heavy atom. The summed E-state index contributed by atoms with van der Waals surface area (Å²) in [5, 5.41) is 7.19. The summed E-state index contributed by atoms with van der Waals surface area (Å²) in [6.07, 6.45) is 3.27. The number of hydrogen-bond acceptors (Lipinski definition) is 4. The lowest BCUT2D eigenvalue weighted by Crippen LogP contribution is -2.43. The molecule has 0 bridgehead atoms. The van der Waals surface area contributed by atoms with Crippen LogP contribution in [0, 0.1) is 11.7 Å². The van der Waals surface area contributed by atoms with Crippen molar-refractivity contribution >= 4 is 23.2 Å². The van der Waals surface area contributed by atoms with Crippen molar-refractivity contribution in [1.82, 2.24) is 15.1 Å². The molecule has 1 N–H and O–H groups in total. The fourth-order valence-electron chi connectivity index (χ4n) is 3.05. The van der Waals surface area contributed by atoms with Gasteiger partial charge in [0, 0.05) is 37.8 Å². The summed E-state index contributed by atoms with van der Waals surface area (Å²) < 4.78 is 14.4. The monoisotopic (exact) mass is 378 g/mol. The number of halogens is 2. The molecule has 1 saturated heterocycles. The summed E-state index contributed by atoms with van der Waals surface area (Å²) >= 11 is 5.99. The number of hydrogen-bond donors (Lipinski definition) is 1. The molecule has 1 aromatic heterocycles. The fourth-order valence-corrected chi connectivity index (χ4v) is 3.28. The maximum atomic E-state index is 13.1. The van der Waals surface area contributed by atoms with Gasteiger partial charge in [0.15, 0.2) is 0 Å². The van der Waals surface area contributed by atoms with E-state index < -0.39 is 5.82 Å². The second-order valence-electron chi connectivity index (χ2n) is 6.41. The van der Waals surface area contributed by atoms with Gasteiger partial charge in [-0.25, -0.2) is 9.07 Å². The zero-order valence-electron chi connectivity index (χ0n) is 14.4. The van der Waals surface area contributed by atoms with Crippen LogP contribution in [0.2, 0.25) is 5.02 Å². The Kier molecular flexibility index (Phi) is 5.56. The van der Waals surface area contributed by atoms with E-state index in [2.05, 4.69) is 10.4 Å². The van der Waals surface area contributed by atoms with Crippen molar-refractivity contribution in [2.45, 2.75) is 19.4 Å². The number of carbonyl (C=O) groups excluding carboxylic acids is 1. The molecule has 1 fully saturated rings. The van der Waals surface area contributed by atoms with Gasteiger partial charge < -0.3 is 10.2 Å². The number of rotatable bonds is 4. The molecule has 3 rings (SSSR count). The average Bonchev–Trinajstić information content (AvgIpc) is 2.63. The standard InChI is InChI=1S/C18H20ClFN4O2/c1-23-17(25)8-15(10-22-23)24-6-2-3-13(11-24)18(26)21-9-12-4-5-14(20)7-16(12)19/h4-5,7-8,10,13H,2-3,6,9,11H2,1H3,(H,21,26)/t13-/m0/s1. The van der Waals surface area contributed by atoms with Crippen LogP contribution in [0.15, 0.2) is 35.3 Å². The third kappa shape index (κ3) is 4.22. The van der Waals surface area contributed by atoms with E-state index >= 15 is 0 Å². The number of piperidine rings is 1. The van der Waals surface area contributed by atoms with Crippen LogP contribution in [0.5, 0.6) is 0 Å². The van der Waals surface area contributed by atoms with Gasteiger partial charge in [-0.05, 0) is 30.5 Å². The van der Waals surface area contributed by atoms with Gasteiger partial charge in [0.05, 0.1) is 17.8 Å². The zero-order valence-corrected chi connectivity index (χ0v) is 15.2. The summed E-state index contributed by atoms with van der Waals surface area (Å²) in [4.78, 5) is 26.3. The van der Waals surface area contributed by atoms with Crippen molar-refractivity contribution in [2.24, 2.45) is 13.0 Å². The van der Waals surface area contributed by atoms with Gasteiger partial charge in [0.1, 0.15) is 5.82 Å². The van der Waals surface area contributed by atoms with E-state index in [0.717, 1.165) is 25.1 Å². The lowest BCUT2D eigenvalue weighted by molar-refractivity contribution is -0.125. The van der Waals surface area contributed by atoms with E-state index in [1.807, 2.05) is 4.90 Å². The minimum Gasteiger partial charge on any atom is -0.369 e. The Morgan fingerprint density at radius 3 is 2.96 bits per heavy atom. The summed E-state index contributed by atoms with van der Waals surface area (Å²) in [5.41, 5.74) is 1.22. The highest BCUT2D eigenvalue weighted by atomic mass is 35.5. The van der Waals surface area contributed by atoms with Crippen molar-refractivity contribution in [3.05, 3.63) is 57.2 Å². The van der Waals surface area contributed by atoms with Gasteiger partial charge in [-0.2, -0.15) is 5.10 Å². The fraction of sp³-hybridized carbons (Fsp3) is 0.389. The molecule has 8 heteroatoms. The summed E-state index contributed by atoms with van der Waals surface area (Å²) in [5.74, 6) is -0.672. The molecule has 138 valence electrons. The number of aryl methyl sites for hydroxylation is 1. The van der Waals surface area contributed by atoms with Gasteiger partial charge in [0.2, 0.25) is 5.91 Å². The third-order valence-corrected chi connectivity index (χ3v) is 4.93. The first kappa shape index (κ1) is 18.4. The summed E-state index contributed by atoms with van der Waals surface area (Å²) in [7, 11) is 1.60. The van der Waals surface area contributed by atoms with Crippen LogP contribution in [-0.2, 0) is 18.4 Å². The van der Waals surface area contributed by atoms with Gasteiger partial charge in [0.25, 0.3) is 5.56 Å². The molecule has 1 aliphatic heterocycles. The van der Waals surface area contributed by atoms with E-state index in [9.17, 15) is 14.0 Å². The SMILES string of the molecule is Cn1ncc(N2CCC[C@H](C(=O)NCc3ccc(F)cc3Cl)C2)cc1=O. The Morgan fingerprint density at radius 2 is 2.23 bits per heavy atom. The molecule has 0 spiro atoms. The van der Waals surface area contributed by atoms with Crippen LogP contribution >= 0.6 is 11.6 Å². The second kappa shape index (κ2) is 7.86. The van der Waals surface area contributed by atoms with Crippen LogP contribution in [0.3, 0.4) is 0 Å². The van der Waals surface area contributed by atoms with Crippen LogP contribution in [0.25, 0.3) is 0 Å². The topological polar surface area (TPSA) is 67.2 Å². The first-order valence-electron chi connectivity index (χ1n) is 8.44. The van der Waals surface area contributed by atoms with Gasteiger partial charge in [-0.15, -0.1) is 0 Å². The van der Waals surface area contributed by atoms with E-state index in [1.54, 1.807) is 19.3 Å². The highest BCUT2D eigenvalue weighted by Crippen LogP contribution is 2.22. The summed E-state index contributed by atoms with van der Waals surface area (Å²) in [6.45, 7) is 1.56. The lowest BCUT2D eigenvalue weighted by Gasteiger charge is -2.33. The number of carbonyl (C=O) groups is 1. The number of nitrogens with one attached hydrogen (secondary N) is 1. The smallest absolute Gasteiger partial charge is 0.268 e. The molecular formula is C18H20ClFN4O2. The molecule has 1 atom stereocenters. The van der Waals surface area contributed by atoms with E-state index in [0.29, 0.717) is 17.1 Å². The van der Waals surface area contributed by atoms with Crippen molar-refractivity contribution in [3.63, 3.8) is 0 Å². The molecular weight excluding hydrogens is 359 g/mol. The first-order valence-corrected chi connectivity index (χ1v) is 8.82. The van der Waals surface area contributed by atoms with Crippen molar-refractivity contribution in [3.8, 4) is 0 Å². The minimum absolute atomic E-state index is 0.0770. The first-order chi connectivity index (χ1) is 12.4. The van der Waals surface area contributed by atoms with Crippen LogP contribution in [-0.4, -0.2) is 28.8 Å². The Bertz CT molecular complexity index is 871. The minimum atomic E-state index is -0.407. The van der Waals surface area contributed by atoms with Crippen LogP contribution < -0.4 is 15.8 Å². The Balaban J connectivity index is 1.62. The molecule has 26 heavy (non-hydrogen) atoms. The highest BCUT2D eigenvalue weighted by molar-refractivity contribution is 6.31.